The van der Waals surface area contributed by atoms with Gasteiger partial charge in [0.1, 0.15) is 12.3 Å². The molecule has 30 heavy (non-hydrogen) atoms. The SMILES string of the molecule is COc1cccc(N(CC(=O)Nc2ccc(F)c(F)c2)S(=O)(=O)c2ccccc2)c1. The Morgan fingerprint density at radius 1 is 0.967 bits per heavy atom. The van der Waals surface area contributed by atoms with Crippen molar-refractivity contribution in [2.24, 2.45) is 0 Å². The van der Waals surface area contributed by atoms with Crippen molar-refractivity contribution < 1.29 is 26.7 Å². The molecule has 0 saturated carbocycles. The zero-order valence-electron chi connectivity index (χ0n) is 15.9. The zero-order chi connectivity index (χ0) is 21.7. The van der Waals surface area contributed by atoms with Crippen molar-refractivity contribution in [2.45, 2.75) is 4.90 Å². The van der Waals surface area contributed by atoms with Gasteiger partial charge in [0, 0.05) is 17.8 Å². The maximum Gasteiger partial charge on any atom is 0.264 e. The van der Waals surface area contributed by atoms with Crippen LogP contribution in [0.25, 0.3) is 0 Å². The number of benzene rings is 3. The molecule has 0 aliphatic rings. The number of anilines is 2. The van der Waals surface area contributed by atoms with Crippen LogP contribution >= 0.6 is 0 Å². The van der Waals surface area contributed by atoms with Gasteiger partial charge in [-0.05, 0) is 36.4 Å². The van der Waals surface area contributed by atoms with Gasteiger partial charge in [-0.15, -0.1) is 0 Å². The number of hydrogen-bond donors (Lipinski definition) is 1. The molecule has 3 aromatic carbocycles. The molecule has 0 unspecified atom stereocenters. The van der Waals surface area contributed by atoms with E-state index in [9.17, 15) is 22.0 Å². The third-order valence-electron chi connectivity index (χ3n) is 4.16. The number of amides is 1. The molecule has 0 bridgehead atoms. The van der Waals surface area contributed by atoms with Crippen molar-refractivity contribution in [3.05, 3.63) is 84.4 Å². The van der Waals surface area contributed by atoms with Crippen LogP contribution in [-0.4, -0.2) is 28.0 Å². The van der Waals surface area contributed by atoms with E-state index in [2.05, 4.69) is 5.32 Å². The van der Waals surface area contributed by atoms with Gasteiger partial charge in [0.2, 0.25) is 5.91 Å². The first-order valence-corrected chi connectivity index (χ1v) is 10.2. The van der Waals surface area contributed by atoms with Crippen molar-refractivity contribution in [3.63, 3.8) is 0 Å². The summed E-state index contributed by atoms with van der Waals surface area (Å²) in [6.07, 6.45) is 0. The van der Waals surface area contributed by atoms with Crippen LogP contribution in [0.1, 0.15) is 0 Å². The number of rotatable bonds is 7. The third kappa shape index (κ3) is 4.74. The standard InChI is InChI=1S/C21H18F2N2O4S/c1-29-17-7-5-6-16(13-17)25(30(27,28)18-8-3-2-4-9-18)14-21(26)24-15-10-11-19(22)20(23)12-15/h2-13H,14H2,1H3,(H,24,26). The monoisotopic (exact) mass is 432 g/mol. The molecule has 0 radical (unpaired) electrons. The molecule has 3 rings (SSSR count). The molecule has 156 valence electrons. The summed E-state index contributed by atoms with van der Waals surface area (Å²) in [5.41, 5.74) is 0.209. The lowest BCUT2D eigenvalue weighted by atomic mass is 10.3. The highest BCUT2D eigenvalue weighted by molar-refractivity contribution is 7.92. The van der Waals surface area contributed by atoms with Gasteiger partial charge < -0.3 is 10.1 Å². The fourth-order valence-electron chi connectivity index (χ4n) is 2.71. The van der Waals surface area contributed by atoms with Crippen LogP contribution in [-0.2, 0) is 14.8 Å². The van der Waals surface area contributed by atoms with Gasteiger partial charge in [0.15, 0.2) is 11.6 Å². The number of hydrogen-bond acceptors (Lipinski definition) is 4. The maximum atomic E-state index is 13.4. The third-order valence-corrected chi connectivity index (χ3v) is 5.95. The van der Waals surface area contributed by atoms with E-state index in [1.807, 2.05) is 0 Å². The smallest absolute Gasteiger partial charge is 0.264 e. The fraction of sp³-hybridized carbons (Fsp3) is 0.0952. The number of carbonyl (C=O) groups is 1. The van der Waals surface area contributed by atoms with E-state index < -0.39 is 34.1 Å². The lowest BCUT2D eigenvalue weighted by Gasteiger charge is -2.24. The van der Waals surface area contributed by atoms with Crippen molar-refractivity contribution in [1.82, 2.24) is 0 Å². The summed E-state index contributed by atoms with van der Waals surface area (Å²) < 4.78 is 59.0. The molecule has 6 nitrogen and oxygen atoms in total. The normalized spacial score (nSPS) is 11.0. The van der Waals surface area contributed by atoms with Gasteiger partial charge in [0.25, 0.3) is 10.0 Å². The van der Waals surface area contributed by atoms with E-state index in [1.54, 1.807) is 30.3 Å². The Morgan fingerprint density at radius 3 is 2.37 bits per heavy atom. The quantitative estimate of drug-likeness (QED) is 0.616. The van der Waals surface area contributed by atoms with Crippen molar-refractivity contribution in [3.8, 4) is 5.75 Å². The lowest BCUT2D eigenvalue weighted by molar-refractivity contribution is -0.114. The highest BCUT2D eigenvalue weighted by Crippen LogP contribution is 2.27. The highest BCUT2D eigenvalue weighted by atomic mass is 32.2. The van der Waals surface area contributed by atoms with Crippen LogP contribution in [0.4, 0.5) is 20.2 Å². The summed E-state index contributed by atoms with van der Waals surface area (Å²) >= 11 is 0. The molecule has 0 aliphatic carbocycles. The van der Waals surface area contributed by atoms with Crippen molar-refractivity contribution in [2.75, 3.05) is 23.3 Å². The number of methoxy groups -OCH3 is 1. The molecule has 1 amide bonds. The Labute approximate surface area is 172 Å². The molecule has 0 fully saturated rings. The van der Waals surface area contributed by atoms with Gasteiger partial charge >= 0.3 is 0 Å². The van der Waals surface area contributed by atoms with E-state index >= 15 is 0 Å². The number of ether oxygens (including phenoxy) is 1. The average Bonchev–Trinajstić information content (AvgIpc) is 2.75. The topological polar surface area (TPSA) is 75.7 Å². The first-order chi connectivity index (χ1) is 14.3. The molecule has 3 aromatic rings. The molecular formula is C21H18F2N2O4S. The lowest BCUT2D eigenvalue weighted by Crippen LogP contribution is -2.38. The van der Waals surface area contributed by atoms with Crippen LogP contribution in [0.2, 0.25) is 0 Å². The fourth-order valence-corrected chi connectivity index (χ4v) is 4.14. The van der Waals surface area contributed by atoms with Crippen LogP contribution in [0, 0.1) is 11.6 Å². The van der Waals surface area contributed by atoms with E-state index in [0.29, 0.717) is 5.75 Å². The van der Waals surface area contributed by atoms with Crippen molar-refractivity contribution in [1.29, 1.82) is 0 Å². The second kappa shape index (κ2) is 8.91. The first kappa shape index (κ1) is 21.3. The van der Waals surface area contributed by atoms with Crippen LogP contribution < -0.4 is 14.4 Å². The minimum atomic E-state index is -4.10. The summed E-state index contributed by atoms with van der Waals surface area (Å²) in [4.78, 5) is 12.6. The Hall–Kier alpha value is -3.46. The Kier molecular flexibility index (Phi) is 6.31. The van der Waals surface area contributed by atoms with Crippen molar-refractivity contribution >= 4 is 27.3 Å². The molecular weight excluding hydrogens is 414 g/mol. The number of nitrogens with zero attached hydrogens (tertiary/aromatic N) is 1. The Morgan fingerprint density at radius 2 is 1.70 bits per heavy atom. The molecule has 0 aliphatic heterocycles. The van der Waals surface area contributed by atoms with E-state index in [-0.39, 0.29) is 16.3 Å². The number of halogens is 2. The molecule has 1 N–H and O–H groups in total. The minimum Gasteiger partial charge on any atom is -0.497 e. The first-order valence-electron chi connectivity index (χ1n) is 8.78. The summed E-state index contributed by atoms with van der Waals surface area (Å²) in [5, 5.41) is 2.38. The number of carbonyl (C=O) groups excluding carboxylic acids is 1. The molecule has 0 saturated heterocycles. The summed E-state index contributed by atoms with van der Waals surface area (Å²) in [6.45, 7) is -0.594. The average molecular weight is 432 g/mol. The predicted molar refractivity (Wildman–Crippen MR) is 109 cm³/mol. The minimum absolute atomic E-state index is 0.00148. The van der Waals surface area contributed by atoms with Gasteiger partial charge in [-0.25, -0.2) is 17.2 Å². The predicted octanol–water partition coefficient (Wildman–Crippen LogP) is 3.81. The van der Waals surface area contributed by atoms with Gasteiger partial charge in [-0.3, -0.25) is 9.10 Å². The maximum absolute atomic E-state index is 13.4. The summed E-state index contributed by atoms with van der Waals surface area (Å²) in [5.74, 6) is -2.52. The highest BCUT2D eigenvalue weighted by Gasteiger charge is 2.27. The van der Waals surface area contributed by atoms with Gasteiger partial charge in [-0.2, -0.15) is 0 Å². The largest absolute Gasteiger partial charge is 0.497 e. The van der Waals surface area contributed by atoms with E-state index in [4.69, 9.17) is 4.74 Å². The molecule has 9 heteroatoms. The summed E-state index contributed by atoms with van der Waals surface area (Å²) in [7, 11) is -2.66. The van der Waals surface area contributed by atoms with Crippen LogP contribution in [0.15, 0.2) is 77.7 Å². The van der Waals surface area contributed by atoms with Gasteiger partial charge in [-0.1, -0.05) is 24.3 Å². The molecule has 0 heterocycles. The Bertz CT molecular complexity index is 1150. The van der Waals surface area contributed by atoms with Gasteiger partial charge in [0.05, 0.1) is 17.7 Å². The Balaban J connectivity index is 1.94. The van der Waals surface area contributed by atoms with Crippen LogP contribution in [0.3, 0.4) is 0 Å². The number of nitrogens with one attached hydrogen (secondary N) is 1. The van der Waals surface area contributed by atoms with E-state index in [0.717, 1.165) is 16.4 Å². The van der Waals surface area contributed by atoms with Crippen LogP contribution in [0.5, 0.6) is 5.75 Å². The second-order valence-corrected chi connectivity index (χ2v) is 8.07. The molecule has 0 atom stereocenters. The zero-order valence-corrected chi connectivity index (χ0v) is 16.7. The number of sulfonamides is 1. The van der Waals surface area contributed by atoms with E-state index in [1.165, 1.54) is 37.4 Å². The molecule has 0 spiro atoms. The second-order valence-electron chi connectivity index (χ2n) is 6.20. The summed E-state index contributed by atoms with van der Waals surface area (Å²) in [6, 6.07) is 16.7. The molecule has 0 aromatic heterocycles.